The number of carbonyl (C=O) groups excluding carboxylic acids is 2. The van der Waals surface area contributed by atoms with E-state index < -0.39 is 17.7 Å². The maximum Gasteiger partial charge on any atom is 0.295 e. The van der Waals surface area contributed by atoms with E-state index in [2.05, 4.69) is 6.58 Å². The summed E-state index contributed by atoms with van der Waals surface area (Å²) >= 11 is 6.17. The van der Waals surface area contributed by atoms with Crippen molar-refractivity contribution in [2.75, 3.05) is 26.9 Å². The molecule has 2 aromatic rings. The lowest BCUT2D eigenvalue weighted by atomic mass is 9.95. The zero-order chi connectivity index (χ0) is 22.4. The number of halogens is 1. The second kappa shape index (κ2) is 10.3. The molecule has 1 aliphatic rings. The fourth-order valence-corrected chi connectivity index (χ4v) is 3.73. The summed E-state index contributed by atoms with van der Waals surface area (Å²) in [4.78, 5) is 27.2. The average molecular weight is 442 g/mol. The first-order valence-electron chi connectivity index (χ1n) is 9.85. The Kier molecular flexibility index (Phi) is 7.50. The normalized spacial score (nSPS) is 17.7. The van der Waals surface area contributed by atoms with Crippen molar-refractivity contribution >= 4 is 29.1 Å². The predicted molar refractivity (Wildman–Crippen MR) is 119 cm³/mol. The second-order valence-electron chi connectivity index (χ2n) is 7.02. The number of hydrogen-bond donors (Lipinski definition) is 1. The molecule has 0 unspecified atom stereocenters. The molecule has 7 heteroatoms. The maximum atomic E-state index is 12.9. The van der Waals surface area contributed by atoms with Crippen LogP contribution in [0.3, 0.4) is 0 Å². The van der Waals surface area contributed by atoms with Crippen LogP contribution in [0.4, 0.5) is 0 Å². The van der Waals surface area contributed by atoms with Crippen LogP contribution in [-0.4, -0.2) is 48.6 Å². The number of ether oxygens (including phenoxy) is 2. The molecule has 0 bridgehead atoms. The van der Waals surface area contributed by atoms with Gasteiger partial charge in [-0.3, -0.25) is 9.59 Å². The van der Waals surface area contributed by atoms with Crippen molar-refractivity contribution in [3.8, 4) is 5.75 Å². The molecule has 162 valence electrons. The number of methoxy groups -OCH3 is 1. The molecule has 0 radical (unpaired) electrons. The summed E-state index contributed by atoms with van der Waals surface area (Å²) in [6.07, 6.45) is 2.18. The van der Waals surface area contributed by atoms with Crippen molar-refractivity contribution in [1.82, 2.24) is 4.90 Å². The molecule has 1 fully saturated rings. The van der Waals surface area contributed by atoms with Gasteiger partial charge in [0.05, 0.1) is 11.6 Å². The highest BCUT2D eigenvalue weighted by Crippen LogP contribution is 2.40. The molecular weight excluding hydrogens is 418 g/mol. The first-order valence-corrected chi connectivity index (χ1v) is 10.2. The van der Waals surface area contributed by atoms with Crippen molar-refractivity contribution in [3.63, 3.8) is 0 Å². The van der Waals surface area contributed by atoms with Crippen molar-refractivity contribution in [1.29, 1.82) is 0 Å². The number of rotatable bonds is 9. The minimum Gasteiger partial charge on any atom is -0.507 e. The van der Waals surface area contributed by atoms with Gasteiger partial charge in [-0.2, -0.15) is 0 Å². The largest absolute Gasteiger partial charge is 0.507 e. The van der Waals surface area contributed by atoms with Crippen LogP contribution in [0.5, 0.6) is 5.75 Å². The van der Waals surface area contributed by atoms with E-state index in [0.29, 0.717) is 48.1 Å². The third-order valence-electron chi connectivity index (χ3n) is 4.95. The first-order chi connectivity index (χ1) is 15.0. The highest BCUT2D eigenvalue weighted by molar-refractivity contribution is 6.46. The lowest BCUT2D eigenvalue weighted by molar-refractivity contribution is -0.140. The number of ketones is 1. The van der Waals surface area contributed by atoms with Crippen LogP contribution in [0.25, 0.3) is 5.76 Å². The van der Waals surface area contributed by atoms with Crippen LogP contribution in [0.2, 0.25) is 5.02 Å². The van der Waals surface area contributed by atoms with Crippen LogP contribution in [0.15, 0.2) is 66.8 Å². The molecule has 1 saturated heterocycles. The first kappa shape index (κ1) is 22.6. The lowest BCUT2D eigenvalue weighted by Crippen LogP contribution is -2.31. The monoisotopic (exact) mass is 441 g/mol. The van der Waals surface area contributed by atoms with Crippen LogP contribution in [-0.2, 0) is 14.3 Å². The molecule has 1 atom stereocenters. The smallest absolute Gasteiger partial charge is 0.295 e. The molecule has 1 amide bonds. The van der Waals surface area contributed by atoms with Gasteiger partial charge in [0.2, 0.25) is 0 Å². The van der Waals surface area contributed by atoms with E-state index in [0.717, 1.165) is 0 Å². The zero-order valence-corrected chi connectivity index (χ0v) is 18.0. The van der Waals surface area contributed by atoms with Gasteiger partial charge in [0.15, 0.2) is 0 Å². The summed E-state index contributed by atoms with van der Waals surface area (Å²) in [6, 6.07) is 12.8. The number of amides is 1. The topological polar surface area (TPSA) is 76.1 Å². The van der Waals surface area contributed by atoms with E-state index in [1.807, 2.05) is 0 Å². The summed E-state index contributed by atoms with van der Waals surface area (Å²) in [5.41, 5.74) is 1.09. The van der Waals surface area contributed by atoms with Gasteiger partial charge in [0.1, 0.15) is 18.1 Å². The Bertz CT molecular complexity index is 999. The van der Waals surface area contributed by atoms with Crippen molar-refractivity contribution in [2.24, 2.45) is 0 Å². The standard InChI is InChI=1S/C24H24ClNO5/c1-3-13-31-19-10-8-16(9-11-19)22(27)20-21(17-6-4-7-18(25)15-17)26(12-5-14-30-2)24(29)23(20)28/h3-4,6-11,15,21,27H,1,5,12-14H2,2H3/t21-/m1/s1. The predicted octanol–water partition coefficient (Wildman–Crippen LogP) is 4.36. The zero-order valence-electron chi connectivity index (χ0n) is 17.2. The van der Waals surface area contributed by atoms with E-state index in [1.165, 1.54) is 4.90 Å². The molecule has 6 nitrogen and oxygen atoms in total. The van der Waals surface area contributed by atoms with E-state index >= 15 is 0 Å². The van der Waals surface area contributed by atoms with Crippen molar-refractivity contribution in [2.45, 2.75) is 12.5 Å². The molecule has 0 aromatic heterocycles. The van der Waals surface area contributed by atoms with Gasteiger partial charge in [-0.25, -0.2) is 0 Å². The van der Waals surface area contributed by atoms with E-state index in [9.17, 15) is 14.7 Å². The van der Waals surface area contributed by atoms with Crippen LogP contribution in [0, 0.1) is 0 Å². The second-order valence-corrected chi connectivity index (χ2v) is 7.45. The molecule has 1 aliphatic heterocycles. The van der Waals surface area contributed by atoms with E-state index in [-0.39, 0.29) is 11.3 Å². The average Bonchev–Trinajstić information content (AvgIpc) is 3.03. The Labute approximate surface area is 186 Å². The lowest BCUT2D eigenvalue weighted by Gasteiger charge is -2.25. The number of carbonyl (C=O) groups is 2. The van der Waals surface area contributed by atoms with Crippen LogP contribution < -0.4 is 4.74 Å². The molecule has 0 spiro atoms. The van der Waals surface area contributed by atoms with Crippen LogP contribution in [0.1, 0.15) is 23.6 Å². The third-order valence-corrected chi connectivity index (χ3v) is 5.18. The number of likely N-dealkylation sites (tertiary alicyclic amines) is 1. The Morgan fingerprint density at radius 1 is 1.23 bits per heavy atom. The molecule has 0 aliphatic carbocycles. The molecule has 1 heterocycles. The number of aliphatic hydroxyl groups excluding tert-OH is 1. The molecule has 3 rings (SSSR count). The number of Topliss-reactive ketones (excluding diaryl/α,β-unsaturated/α-hetero) is 1. The summed E-state index contributed by atoms with van der Waals surface area (Å²) in [7, 11) is 1.57. The molecule has 2 aromatic carbocycles. The fourth-order valence-electron chi connectivity index (χ4n) is 3.53. The number of hydrogen-bond acceptors (Lipinski definition) is 5. The highest BCUT2D eigenvalue weighted by Gasteiger charge is 2.45. The van der Waals surface area contributed by atoms with Crippen LogP contribution >= 0.6 is 11.6 Å². The van der Waals surface area contributed by atoms with Gasteiger partial charge in [0, 0.05) is 30.8 Å². The number of benzene rings is 2. The van der Waals surface area contributed by atoms with Crippen molar-refractivity contribution in [3.05, 3.63) is 82.9 Å². The van der Waals surface area contributed by atoms with Gasteiger partial charge < -0.3 is 19.5 Å². The fraction of sp³-hybridized carbons (Fsp3) is 0.250. The van der Waals surface area contributed by atoms with Gasteiger partial charge in [-0.15, -0.1) is 0 Å². The Morgan fingerprint density at radius 3 is 2.61 bits per heavy atom. The van der Waals surface area contributed by atoms with E-state index in [4.69, 9.17) is 21.1 Å². The third kappa shape index (κ3) is 4.98. The molecule has 31 heavy (non-hydrogen) atoms. The van der Waals surface area contributed by atoms with E-state index in [1.54, 1.807) is 61.7 Å². The summed E-state index contributed by atoms with van der Waals surface area (Å²) < 4.78 is 10.5. The number of aliphatic hydroxyl groups is 1. The Morgan fingerprint density at radius 2 is 1.97 bits per heavy atom. The quantitative estimate of drug-likeness (QED) is 0.206. The molecule has 0 saturated carbocycles. The van der Waals surface area contributed by atoms with Gasteiger partial charge in [-0.1, -0.05) is 36.4 Å². The van der Waals surface area contributed by atoms with Gasteiger partial charge >= 0.3 is 0 Å². The number of nitrogens with zero attached hydrogens (tertiary/aromatic N) is 1. The SMILES string of the molecule is C=CCOc1ccc(C(O)=C2C(=O)C(=O)N(CCCOC)[C@@H]2c2cccc(Cl)c2)cc1. The summed E-state index contributed by atoms with van der Waals surface area (Å²) in [6.45, 7) is 4.70. The Balaban J connectivity index is 2.04. The summed E-state index contributed by atoms with van der Waals surface area (Å²) in [5, 5.41) is 11.5. The van der Waals surface area contributed by atoms with Gasteiger partial charge in [-0.05, 0) is 48.4 Å². The molecule has 1 N–H and O–H groups in total. The highest BCUT2D eigenvalue weighted by atomic mass is 35.5. The van der Waals surface area contributed by atoms with Gasteiger partial charge in [0.25, 0.3) is 11.7 Å². The minimum absolute atomic E-state index is 0.0319. The minimum atomic E-state index is -0.743. The maximum absolute atomic E-state index is 12.9. The Hall–Kier alpha value is -3.09. The van der Waals surface area contributed by atoms with Crippen molar-refractivity contribution < 1.29 is 24.2 Å². The molecular formula is C24H24ClNO5. The summed E-state index contributed by atoms with van der Waals surface area (Å²) in [5.74, 6) is -1.03.